The number of rotatable bonds is 1. The van der Waals surface area contributed by atoms with E-state index in [0.717, 1.165) is 18.4 Å². The first kappa shape index (κ1) is 9.30. The lowest BCUT2D eigenvalue weighted by Crippen LogP contribution is -2.11. The van der Waals surface area contributed by atoms with E-state index >= 15 is 0 Å². The lowest BCUT2D eigenvalue weighted by molar-refractivity contribution is -0.147. The summed E-state index contributed by atoms with van der Waals surface area (Å²) in [7, 11) is 0. The summed E-state index contributed by atoms with van der Waals surface area (Å²) >= 11 is 0. The van der Waals surface area contributed by atoms with Crippen molar-refractivity contribution in [3.8, 4) is 0 Å². The summed E-state index contributed by atoms with van der Waals surface area (Å²) in [5.74, 6) is 0.260. The van der Waals surface area contributed by atoms with Crippen LogP contribution >= 0.6 is 0 Å². The van der Waals surface area contributed by atoms with Gasteiger partial charge in [0.2, 0.25) is 0 Å². The fourth-order valence-corrected chi connectivity index (χ4v) is 1.49. The van der Waals surface area contributed by atoms with E-state index in [4.69, 9.17) is 4.74 Å². The van der Waals surface area contributed by atoms with Crippen molar-refractivity contribution in [2.24, 2.45) is 5.92 Å². The first-order chi connectivity index (χ1) is 5.59. The number of carbonyl (C=O) groups excluding carboxylic acids is 1. The van der Waals surface area contributed by atoms with Crippen molar-refractivity contribution < 1.29 is 9.53 Å². The summed E-state index contributed by atoms with van der Waals surface area (Å²) < 4.78 is 5.11. The molecule has 0 unspecified atom stereocenters. The van der Waals surface area contributed by atoms with Crippen LogP contribution in [0.2, 0.25) is 0 Å². The van der Waals surface area contributed by atoms with Crippen molar-refractivity contribution in [1.82, 2.24) is 0 Å². The Morgan fingerprint density at radius 1 is 1.58 bits per heavy atom. The van der Waals surface area contributed by atoms with E-state index in [1.807, 2.05) is 13.8 Å². The minimum atomic E-state index is -0.0759. The van der Waals surface area contributed by atoms with E-state index < -0.39 is 0 Å². The second kappa shape index (κ2) is 3.74. The van der Waals surface area contributed by atoms with E-state index in [1.54, 1.807) is 0 Å². The summed E-state index contributed by atoms with van der Waals surface area (Å²) in [6.07, 6.45) is 2.59. The Morgan fingerprint density at radius 2 is 2.25 bits per heavy atom. The number of esters is 1. The van der Waals surface area contributed by atoms with Gasteiger partial charge in [0.1, 0.15) is 0 Å². The molecule has 2 atom stereocenters. The van der Waals surface area contributed by atoms with Crippen molar-refractivity contribution in [3.05, 3.63) is 12.2 Å². The first-order valence-electron chi connectivity index (χ1n) is 4.44. The van der Waals surface area contributed by atoms with Gasteiger partial charge in [0.05, 0.1) is 12.5 Å². The molecule has 0 bridgehead atoms. The van der Waals surface area contributed by atoms with Crippen LogP contribution in [-0.2, 0) is 9.53 Å². The normalized spacial score (nSPS) is 30.7. The molecule has 12 heavy (non-hydrogen) atoms. The Balaban J connectivity index is 2.58. The number of allylic oxidation sites excluding steroid dienone is 1. The Bertz CT molecular complexity index is 196. The van der Waals surface area contributed by atoms with Gasteiger partial charge in [-0.15, -0.1) is 0 Å². The highest BCUT2D eigenvalue weighted by Crippen LogP contribution is 2.25. The maximum atomic E-state index is 11.1. The Morgan fingerprint density at radius 3 is 2.83 bits per heavy atom. The molecule has 1 aliphatic rings. The monoisotopic (exact) mass is 168 g/mol. The molecule has 2 nitrogen and oxygen atoms in total. The molecule has 0 radical (unpaired) electrons. The fourth-order valence-electron chi connectivity index (χ4n) is 1.49. The van der Waals surface area contributed by atoms with Crippen LogP contribution in [0.1, 0.15) is 33.1 Å². The maximum absolute atomic E-state index is 11.1. The molecular weight excluding hydrogens is 152 g/mol. The zero-order valence-electron chi connectivity index (χ0n) is 7.80. The van der Waals surface area contributed by atoms with Gasteiger partial charge < -0.3 is 4.74 Å². The SMILES string of the molecule is C=C(C)[C@H]1CC[C@H](C)OC(=O)C1. The lowest BCUT2D eigenvalue weighted by atomic mass is 9.93. The van der Waals surface area contributed by atoms with Crippen molar-refractivity contribution in [1.29, 1.82) is 0 Å². The third kappa shape index (κ3) is 2.36. The first-order valence-corrected chi connectivity index (χ1v) is 4.44. The van der Waals surface area contributed by atoms with E-state index in [9.17, 15) is 4.79 Å². The highest BCUT2D eigenvalue weighted by atomic mass is 16.5. The van der Waals surface area contributed by atoms with Gasteiger partial charge in [-0.1, -0.05) is 12.2 Å². The Kier molecular flexibility index (Phi) is 2.90. The molecule has 1 heterocycles. The third-order valence-electron chi connectivity index (χ3n) is 2.36. The van der Waals surface area contributed by atoms with Crippen LogP contribution in [0.3, 0.4) is 0 Å². The van der Waals surface area contributed by atoms with Gasteiger partial charge in [-0.25, -0.2) is 0 Å². The number of ether oxygens (including phenoxy) is 1. The summed E-state index contributed by atoms with van der Waals surface area (Å²) in [5.41, 5.74) is 1.10. The second-order valence-corrected chi connectivity index (χ2v) is 3.63. The Labute approximate surface area is 73.6 Å². The van der Waals surface area contributed by atoms with Crippen molar-refractivity contribution in [3.63, 3.8) is 0 Å². The number of cyclic esters (lactones) is 1. The molecule has 68 valence electrons. The molecular formula is C10H16O2. The van der Waals surface area contributed by atoms with E-state index in [1.165, 1.54) is 0 Å². The lowest BCUT2D eigenvalue weighted by Gasteiger charge is -2.10. The molecule has 0 aromatic rings. The van der Waals surface area contributed by atoms with Crippen LogP contribution < -0.4 is 0 Å². The molecule has 0 aromatic carbocycles. The number of hydrogen-bond acceptors (Lipinski definition) is 2. The van der Waals surface area contributed by atoms with Gasteiger partial charge in [0, 0.05) is 0 Å². The third-order valence-corrected chi connectivity index (χ3v) is 2.36. The van der Waals surface area contributed by atoms with Gasteiger partial charge in [-0.05, 0) is 32.6 Å². The Hall–Kier alpha value is -0.790. The van der Waals surface area contributed by atoms with Crippen LogP contribution in [0.25, 0.3) is 0 Å². The minimum Gasteiger partial charge on any atom is -0.463 e. The predicted molar refractivity (Wildman–Crippen MR) is 47.7 cm³/mol. The van der Waals surface area contributed by atoms with Gasteiger partial charge in [0.25, 0.3) is 0 Å². The number of hydrogen-bond donors (Lipinski definition) is 0. The standard InChI is InChI=1S/C10H16O2/c1-7(2)9-5-4-8(3)12-10(11)6-9/h8-9H,1,4-6H2,2-3H3/t8-,9-/m0/s1. The van der Waals surface area contributed by atoms with Crippen LogP contribution in [0, 0.1) is 5.92 Å². The molecule has 0 aliphatic carbocycles. The summed E-state index contributed by atoms with van der Waals surface area (Å²) in [5, 5.41) is 0. The average Bonchev–Trinajstić information content (AvgIpc) is 2.11. The molecule has 1 fully saturated rings. The molecule has 0 aromatic heterocycles. The van der Waals surface area contributed by atoms with Crippen molar-refractivity contribution in [2.75, 3.05) is 0 Å². The van der Waals surface area contributed by atoms with Crippen molar-refractivity contribution >= 4 is 5.97 Å². The molecule has 0 amide bonds. The summed E-state index contributed by atoms with van der Waals surface area (Å²) in [6.45, 7) is 7.80. The van der Waals surface area contributed by atoms with Crippen LogP contribution in [-0.4, -0.2) is 12.1 Å². The molecule has 0 spiro atoms. The molecule has 2 heteroatoms. The molecule has 1 aliphatic heterocycles. The molecule has 1 saturated heterocycles. The van der Waals surface area contributed by atoms with Crippen LogP contribution in [0.15, 0.2) is 12.2 Å². The van der Waals surface area contributed by atoms with E-state index in [2.05, 4.69) is 6.58 Å². The minimum absolute atomic E-state index is 0.0759. The topological polar surface area (TPSA) is 26.3 Å². The van der Waals surface area contributed by atoms with E-state index in [0.29, 0.717) is 12.3 Å². The maximum Gasteiger partial charge on any atom is 0.306 e. The second-order valence-electron chi connectivity index (χ2n) is 3.63. The van der Waals surface area contributed by atoms with Crippen LogP contribution in [0.5, 0.6) is 0 Å². The highest BCUT2D eigenvalue weighted by Gasteiger charge is 2.22. The van der Waals surface area contributed by atoms with Crippen molar-refractivity contribution in [2.45, 2.75) is 39.2 Å². The van der Waals surface area contributed by atoms with Gasteiger partial charge in [0.15, 0.2) is 0 Å². The quantitative estimate of drug-likeness (QED) is 0.443. The number of carbonyl (C=O) groups is 1. The molecule has 1 rings (SSSR count). The summed E-state index contributed by atoms with van der Waals surface area (Å²) in [6, 6.07) is 0. The van der Waals surface area contributed by atoms with Gasteiger partial charge in [-0.2, -0.15) is 0 Å². The molecule has 0 N–H and O–H groups in total. The van der Waals surface area contributed by atoms with Gasteiger partial charge in [-0.3, -0.25) is 4.79 Å². The highest BCUT2D eigenvalue weighted by molar-refractivity contribution is 5.70. The largest absolute Gasteiger partial charge is 0.463 e. The van der Waals surface area contributed by atoms with Gasteiger partial charge >= 0.3 is 5.97 Å². The zero-order valence-corrected chi connectivity index (χ0v) is 7.80. The summed E-state index contributed by atoms with van der Waals surface area (Å²) in [4.78, 5) is 11.1. The zero-order chi connectivity index (χ0) is 9.14. The van der Waals surface area contributed by atoms with E-state index in [-0.39, 0.29) is 12.1 Å². The fraction of sp³-hybridized carbons (Fsp3) is 0.700. The predicted octanol–water partition coefficient (Wildman–Crippen LogP) is 2.29. The molecule has 0 saturated carbocycles. The van der Waals surface area contributed by atoms with Crippen LogP contribution in [0.4, 0.5) is 0 Å². The average molecular weight is 168 g/mol. The smallest absolute Gasteiger partial charge is 0.306 e.